The number of aliphatic carboxylic acids is 1. The van der Waals surface area contributed by atoms with Crippen molar-refractivity contribution in [1.82, 2.24) is 9.96 Å². The number of carbonyl (C=O) groups is 4. The number of nitrogens with zero attached hydrogens (tertiary/aromatic N) is 2. The van der Waals surface area contributed by atoms with Crippen molar-refractivity contribution in [1.29, 1.82) is 0 Å². The van der Waals surface area contributed by atoms with Crippen molar-refractivity contribution in [2.75, 3.05) is 6.54 Å². The van der Waals surface area contributed by atoms with Gasteiger partial charge < -0.3 is 9.84 Å². The molecule has 0 radical (unpaired) electrons. The molecule has 2 N–H and O–H groups in total. The fourth-order valence-corrected chi connectivity index (χ4v) is 2.13. The molecule has 0 saturated carbocycles. The van der Waals surface area contributed by atoms with E-state index in [1.165, 1.54) is 4.90 Å². The van der Waals surface area contributed by atoms with E-state index in [0.717, 1.165) is 6.42 Å². The van der Waals surface area contributed by atoms with Crippen LogP contribution in [0.4, 0.5) is 4.79 Å². The van der Waals surface area contributed by atoms with Crippen molar-refractivity contribution in [2.24, 2.45) is 0 Å². The maximum absolute atomic E-state index is 11.6. The van der Waals surface area contributed by atoms with Gasteiger partial charge in [0, 0.05) is 19.4 Å². The normalized spacial score (nSPS) is 21.1. The number of rotatable bonds is 1. The molecule has 2 fully saturated rings. The molecule has 2 heterocycles. The highest BCUT2D eigenvalue weighted by atomic mass is 16.6. The van der Waals surface area contributed by atoms with Gasteiger partial charge in [0.15, 0.2) is 0 Å². The molecule has 9 heteroatoms. The molecule has 2 saturated heterocycles. The molecule has 23 heavy (non-hydrogen) atoms. The van der Waals surface area contributed by atoms with Gasteiger partial charge in [-0.1, -0.05) is 0 Å². The number of imide groups is 1. The van der Waals surface area contributed by atoms with Crippen LogP contribution in [0.2, 0.25) is 0 Å². The van der Waals surface area contributed by atoms with E-state index >= 15 is 0 Å². The number of carboxylic acids is 1. The van der Waals surface area contributed by atoms with Crippen molar-refractivity contribution in [3.63, 3.8) is 0 Å². The predicted octanol–water partition coefficient (Wildman–Crippen LogP) is 0.995. The summed E-state index contributed by atoms with van der Waals surface area (Å²) in [5.74, 6) is -1.97. The molecule has 130 valence electrons. The van der Waals surface area contributed by atoms with Crippen molar-refractivity contribution in [3.05, 3.63) is 0 Å². The first-order valence-electron chi connectivity index (χ1n) is 7.30. The zero-order chi connectivity index (χ0) is 17.8. The Kier molecular flexibility index (Phi) is 6.08. The molecule has 3 amide bonds. The summed E-state index contributed by atoms with van der Waals surface area (Å²) in [6.07, 6.45) is 0.988. The van der Waals surface area contributed by atoms with Gasteiger partial charge in [0.05, 0.1) is 0 Å². The van der Waals surface area contributed by atoms with E-state index in [1.54, 1.807) is 20.8 Å². The molecule has 0 bridgehead atoms. The van der Waals surface area contributed by atoms with Gasteiger partial charge >= 0.3 is 12.1 Å². The van der Waals surface area contributed by atoms with Crippen LogP contribution in [0.5, 0.6) is 0 Å². The second-order valence-corrected chi connectivity index (χ2v) is 6.27. The van der Waals surface area contributed by atoms with Crippen molar-refractivity contribution in [3.8, 4) is 0 Å². The lowest BCUT2D eigenvalue weighted by Crippen LogP contribution is -2.43. The summed E-state index contributed by atoms with van der Waals surface area (Å²) in [6.45, 7) is 5.75. The topological polar surface area (TPSA) is 124 Å². The summed E-state index contributed by atoms with van der Waals surface area (Å²) in [4.78, 5) is 44.2. The fraction of sp³-hybridized carbons (Fsp3) is 0.714. The summed E-state index contributed by atoms with van der Waals surface area (Å²) >= 11 is 0. The number of hydrogen-bond donors (Lipinski definition) is 2. The zero-order valence-corrected chi connectivity index (χ0v) is 13.4. The maximum Gasteiger partial charge on any atom is 0.411 e. The Balaban J connectivity index is 0.000000277. The van der Waals surface area contributed by atoms with Crippen LogP contribution in [0.25, 0.3) is 0 Å². The van der Waals surface area contributed by atoms with Crippen LogP contribution in [-0.4, -0.2) is 62.3 Å². The number of hydrogen-bond acceptors (Lipinski definition) is 6. The van der Waals surface area contributed by atoms with Gasteiger partial charge in [0.1, 0.15) is 11.6 Å². The van der Waals surface area contributed by atoms with Gasteiger partial charge in [-0.3, -0.25) is 19.7 Å². The lowest BCUT2D eigenvalue weighted by molar-refractivity contribution is -0.171. The molecule has 0 unspecified atom stereocenters. The van der Waals surface area contributed by atoms with E-state index in [9.17, 15) is 19.2 Å². The largest absolute Gasteiger partial charge is 0.480 e. The first-order chi connectivity index (χ1) is 10.5. The number of carbonyl (C=O) groups excluding carboxylic acids is 3. The van der Waals surface area contributed by atoms with Gasteiger partial charge in [-0.15, -0.1) is 0 Å². The number of hydroxylamine groups is 2. The SMILES string of the molecule is CC(C)(C)OC(=O)N1CCC[C@H]1C(=O)O.O=C1CCC(=O)N1O. The first kappa shape index (κ1) is 18.9. The third-order valence-corrected chi connectivity index (χ3v) is 3.19. The Hall–Kier alpha value is -2.16. The molecule has 2 rings (SSSR count). The minimum Gasteiger partial charge on any atom is -0.480 e. The van der Waals surface area contributed by atoms with Crippen LogP contribution in [0.3, 0.4) is 0 Å². The highest BCUT2D eigenvalue weighted by Crippen LogP contribution is 2.20. The molecule has 1 atom stereocenters. The van der Waals surface area contributed by atoms with Crippen LogP contribution < -0.4 is 0 Å². The summed E-state index contributed by atoms with van der Waals surface area (Å²) < 4.78 is 5.13. The lowest BCUT2D eigenvalue weighted by Gasteiger charge is -2.26. The Morgan fingerprint density at radius 2 is 1.70 bits per heavy atom. The van der Waals surface area contributed by atoms with Crippen LogP contribution >= 0.6 is 0 Å². The monoisotopic (exact) mass is 330 g/mol. The Bertz CT molecular complexity index is 482. The molecular weight excluding hydrogens is 308 g/mol. The highest BCUT2D eigenvalue weighted by molar-refractivity contribution is 6.00. The van der Waals surface area contributed by atoms with E-state index in [1.807, 2.05) is 0 Å². The number of carboxylic acid groups (broad SMARTS) is 1. The van der Waals surface area contributed by atoms with Gasteiger partial charge in [-0.25, -0.2) is 9.59 Å². The standard InChI is InChI=1S/C10H17NO4.C4H5NO3/c1-10(2,3)15-9(14)11-6-4-5-7(11)8(12)13;6-3-1-2-4(7)5(3)8/h7H,4-6H2,1-3H3,(H,12,13);8H,1-2H2/t7-;/m0./s1. The summed E-state index contributed by atoms with van der Waals surface area (Å²) in [5.41, 5.74) is -0.581. The summed E-state index contributed by atoms with van der Waals surface area (Å²) in [6, 6.07) is -0.722. The van der Waals surface area contributed by atoms with E-state index in [4.69, 9.17) is 15.1 Å². The molecule has 0 aliphatic carbocycles. The van der Waals surface area contributed by atoms with Gasteiger partial charge in [-0.05, 0) is 33.6 Å². The third kappa shape index (κ3) is 5.51. The molecule has 2 aliphatic heterocycles. The Morgan fingerprint density at radius 3 is 2.04 bits per heavy atom. The van der Waals surface area contributed by atoms with E-state index < -0.39 is 35.5 Å². The van der Waals surface area contributed by atoms with Crippen molar-refractivity contribution in [2.45, 2.75) is 58.1 Å². The minimum atomic E-state index is -0.960. The Labute approximate surface area is 133 Å². The lowest BCUT2D eigenvalue weighted by atomic mass is 10.2. The van der Waals surface area contributed by atoms with Crippen LogP contribution in [-0.2, 0) is 19.1 Å². The number of likely N-dealkylation sites (tertiary alicyclic amines) is 1. The van der Waals surface area contributed by atoms with Gasteiger partial charge in [-0.2, -0.15) is 5.06 Å². The van der Waals surface area contributed by atoms with E-state index in [0.29, 0.717) is 13.0 Å². The van der Waals surface area contributed by atoms with Crippen LogP contribution in [0, 0.1) is 0 Å². The number of amides is 3. The third-order valence-electron chi connectivity index (χ3n) is 3.19. The molecule has 0 aromatic carbocycles. The predicted molar refractivity (Wildman–Crippen MR) is 76.5 cm³/mol. The second kappa shape index (κ2) is 7.40. The average Bonchev–Trinajstić information content (AvgIpc) is 3.01. The molecule has 2 aliphatic rings. The van der Waals surface area contributed by atoms with Gasteiger partial charge in [0.25, 0.3) is 11.8 Å². The quantitative estimate of drug-likeness (QED) is 0.542. The molecular formula is C14H22N2O7. The fourth-order valence-electron chi connectivity index (χ4n) is 2.13. The molecule has 0 aromatic rings. The first-order valence-corrected chi connectivity index (χ1v) is 7.30. The van der Waals surface area contributed by atoms with Crippen LogP contribution in [0.1, 0.15) is 46.5 Å². The van der Waals surface area contributed by atoms with E-state index in [-0.39, 0.29) is 17.9 Å². The summed E-state index contributed by atoms with van der Waals surface area (Å²) in [5, 5.41) is 17.4. The molecule has 9 nitrogen and oxygen atoms in total. The maximum atomic E-state index is 11.6. The highest BCUT2D eigenvalue weighted by Gasteiger charge is 2.36. The van der Waals surface area contributed by atoms with Gasteiger partial charge in [0.2, 0.25) is 0 Å². The Morgan fingerprint density at radius 1 is 1.17 bits per heavy atom. The minimum absolute atomic E-state index is 0.148. The van der Waals surface area contributed by atoms with Crippen LogP contribution in [0.15, 0.2) is 0 Å². The second-order valence-electron chi connectivity index (χ2n) is 6.27. The molecule has 0 aromatic heterocycles. The van der Waals surface area contributed by atoms with Crippen molar-refractivity contribution >= 4 is 23.9 Å². The number of ether oxygens (including phenoxy) is 1. The molecule has 0 spiro atoms. The zero-order valence-electron chi connectivity index (χ0n) is 13.4. The smallest absolute Gasteiger partial charge is 0.411 e. The van der Waals surface area contributed by atoms with E-state index in [2.05, 4.69) is 0 Å². The average molecular weight is 330 g/mol. The summed E-state index contributed by atoms with van der Waals surface area (Å²) in [7, 11) is 0. The van der Waals surface area contributed by atoms with Crippen molar-refractivity contribution < 1.29 is 34.2 Å².